The third-order valence-electron chi connectivity index (χ3n) is 2.64. The van der Waals surface area contributed by atoms with Crippen LogP contribution in [0.25, 0.3) is 0 Å². The minimum atomic E-state index is -2.88. The molecule has 0 spiro atoms. The predicted octanol–water partition coefficient (Wildman–Crippen LogP) is 2.51. The average Bonchev–Trinajstić information content (AvgIpc) is 2.81. The number of hydrogen-bond donors (Lipinski definition) is 0. The molecule has 5 heteroatoms. The first-order valence-electron chi connectivity index (χ1n) is 5.33. The van der Waals surface area contributed by atoms with Crippen molar-refractivity contribution in [2.75, 3.05) is 13.2 Å². The maximum atomic E-state index is 12.0. The first kappa shape index (κ1) is 12.0. The highest BCUT2D eigenvalue weighted by atomic mass is 19.3. The Hall–Kier alpha value is -1.49. The highest BCUT2D eigenvalue weighted by Gasteiger charge is 2.24. The minimum Gasteiger partial charge on any atom is -0.435 e. The van der Waals surface area contributed by atoms with Gasteiger partial charge in [0.15, 0.2) is 5.78 Å². The van der Waals surface area contributed by atoms with Gasteiger partial charge in [-0.2, -0.15) is 8.78 Å². The van der Waals surface area contributed by atoms with Crippen molar-refractivity contribution < 1.29 is 23.0 Å². The molecule has 0 amide bonds. The Morgan fingerprint density at radius 1 is 1.47 bits per heavy atom. The van der Waals surface area contributed by atoms with E-state index < -0.39 is 6.61 Å². The number of benzene rings is 1. The molecule has 1 saturated heterocycles. The molecule has 0 radical (unpaired) electrons. The van der Waals surface area contributed by atoms with Crippen LogP contribution in [0.15, 0.2) is 24.3 Å². The Bertz CT molecular complexity index is 400. The standard InChI is InChI=1S/C12H12F2O3/c13-12(14)17-10-3-1-2-8(6-10)11(15)9-4-5-16-7-9/h1-3,6,9,12H,4-5,7H2. The quantitative estimate of drug-likeness (QED) is 0.761. The normalized spacial score (nSPS) is 19.6. The second kappa shape index (κ2) is 5.23. The summed E-state index contributed by atoms with van der Waals surface area (Å²) in [4.78, 5) is 12.0. The van der Waals surface area contributed by atoms with Crippen LogP contribution >= 0.6 is 0 Å². The van der Waals surface area contributed by atoms with Gasteiger partial charge in [0.1, 0.15) is 5.75 Å². The fraction of sp³-hybridized carbons (Fsp3) is 0.417. The Balaban J connectivity index is 2.12. The highest BCUT2D eigenvalue weighted by Crippen LogP contribution is 2.22. The van der Waals surface area contributed by atoms with Crippen molar-refractivity contribution in [2.24, 2.45) is 5.92 Å². The zero-order valence-corrected chi connectivity index (χ0v) is 9.07. The molecule has 2 rings (SSSR count). The van der Waals surface area contributed by atoms with Crippen molar-refractivity contribution >= 4 is 5.78 Å². The van der Waals surface area contributed by atoms with Crippen LogP contribution in [-0.4, -0.2) is 25.6 Å². The van der Waals surface area contributed by atoms with E-state index >= 15 is 0 Å². The monoisotopic (exact) mass is 242 g/mol. The first-order chi connectivity index (χ1) is 8.16. The zero-order valence-electron chi connectivity index (χ0n) is 9.07. The number of carbonyl (C=O) groups is 1. The largest absolute Gasteiger partial charge is 0.435 e. The van der Waals surface area contributed by atoms with Crippen LogP contribution in [0.2, 0.25) is 0 Å². The molecule has 0 aliphatic carbocycles. The number of alkyl halides is 2. The fourth-order valence-corrected chi connectivity index (χ4v) is 1.80. The molecule has 1 aliphatic rings. The van der Waals surface area contributed by atoms with E-state index in [-0.39, 0.29) is 17.5 Å². The van der Waals surface area contributed by atoms with Gasteiger partial charge in [-0.25, -0.2) is 0 Å². The van der Waals surface area contributed by atoms with Gasteiger partial charge < -0.3 is 9.47 Å². The molecular formula is C12H12F2O3. The van der Waals surface area contributed by atoms with Crippen molar-refractivity contribution in [1.29, 1.82) is 0 Å². The second-order valence-electron chi connectivity index (χ2n) is 3.83. The van der Waals surface area contributed by atoms with E-state index in [1.54, 1.807) is 6.07 Å². The van der Waals surface area contributed by atoms with Crippen LogP contribution in [-0.2, 0) is 4.74 Å². The predicted molar refractivity (Wildman–Crippen MR) is 56.3 cm³/mol. The molecule has 1 aromatic carbocycles. The number of ether oxygens (including phenoxy) is 2. The van der Waals surface area contributed by atoms with E-state index in [1.807, 2.05) is 0 Å². The third kappa shape index (κ3) is 3.00. The molecule has 0 saturated carbocycles. The van der Waals surface area contributed by atoms with E-state index in [0.29, 0.717) is 25.2 Å². The molecule has 17 heavy (non-hydrogen) atoms. The van der Waals surface area contributed by atoms with Crippen LogP contribution in [0, 0.1) is 5.92 Å². The molecule has 0 bridgehead atoms. The summed E-state index contributed by atoms with van der Waals surface area (Å²) in [5.74, 6) is -0.246. The van der Waals surface area contributed by atoms with E-state index in [2.05, 4.69) is 4.74 Å². The summed E-state index contributed by atoms with van der Waals surface area (Å²) < 4.78 is 33.4. The second-order valence-corrected chi connectivity index (χ2v) is 3.83. The summed E-state index contributed by atoms with van der Waals surface area (Å²) in [5, 5.41) is 0. The van der Waals surface area contributed by atoms with Gasteiger partial charge in [0.2, 0.25) is 0 Å². The fourth-order valence-electron chi connectivity index (χ4n) is 1.80. The van der Waals surface area contributed by atoms with Crippen LogP contribution in [0.5, 0.6) is 5.75 Å². The summed E-state index contributed by atoms with van der Waals surface area (Å²) in [7, 11) is 0. The van der Waals surface area contributed by atoms with Crippen molar-refractivity contribution in [3.05, 3.63) is 29.8 Å². The lowest BCUT2D eigenvalue weighted by atomic mass is 9.97. The van der Waals surface area contributed by atoms with Crippen molar-refractivity contribution in [3.8, 4) is 5.75 Å². The molecule has 1 aromatic rings. The molecule has 0 aromatic heterocycles. The van der Waals surface area contributed by atoms with Crippen molar-refractivity contribution in [2.45, 2.75) is 13.0 Å². The number of carbonyl (C=O) groups excluding carboxylic acids is 1. The lowest BCUT2D eigenvalue weighted by Gasteiger charge is -2.09. The lowest BCUT2D eigenvalue weighted by molar-refractivity contribution is -0.0498. The minimum absolute atomic E-state index is 0.00441. The average molecular weight is 242 g/mol. The maximum Gasteiger partial charge on any atom is 0.387 e. The van der Waals surface area contributed by atoms with E-state index in [9.17, 15) is 13.6 Å². The SMILES string of the molecule is O=C(c1cccc(OC(F)F)c1)C1CCOC1. The third-order valence-corrected chi connectivity index (χ3v) is 2.64. The van der Waals surface area contributed by atoms with Crippen molar-refractivity contribution in [3.63, 3.8) is 0 Å². The molecule has 3 nitrogen and oxygen atoms in total. The van der Waals surface area contributed by atoms with Gasteiger partial charge in [-0.1, -0.05) is 12.1 Å². The molecular weight excluding hydrogens is 230 g/mol. The van der Waals surface area contributed by atoms with Gasteiger partial charge in [-0.15, -0.1) is 0 Å². The molecule has 1 unspecified atom stereocenters. The van der Waals surface area contributed by atoms with Gasteiger partial charge >= 0.3 is 6.61 Å². The first-order valence-corrected chi connectivity index (χ1v) is 5.33. The maximum absolute atomic E-state index is 12.0. The number of hydrogen-bond acceptors (Lipinski definition) is 3. The molecule has 1 fully saturated rings. The van der Waals surface area contributed by atoms with Crippen LogP contribution < -0.4 is 4.74 Å². The van der Waals surface area contributed by atoms with Crippen molar-refractivity contribution in [1.82, 2.24) is 0 Å². The number of ketones is 1. The summed E-state index contributed by atoms with van der Waals surface area (Å²) in [6, 6.07) is 5.86. The van der Waals surface area contributed by atoms with Crippen LogP contribution in [0.3, 0.4) is 0 Å². The summed E-state index contributed by atoms with van der Waals surface area (Å²) in [5.41, 5.74) is 0.388. The topological polar surface area (TPSA) is 35.5 Å². The van der Waals surface area contributed by atoms with Gasteiger partial charge in [-0.05, 0) is 18.6 Å². The van der Waals surface area contributed by atoms with E-state index in [0.717, 1.165) is 0 Å². The van der Waals surface area contributed by atoms with Crippen LogP contribution in [0.4, 0.5) is 8.78 Å². The lowest BCUT2D eigenvalue weighted by Crippen LogP contribution is -2.14. The highest BCUT2D eigenvalue weighted by molar-refractivity contribution is 5.98. The Labute approximate surface area is 97.3 Å². The smallest absolute Gasteiger partial charge is 0.387 e. The van der Waals surface area contributed by atoms with E-state index in [1.165, 1.54) is 18.2 Å². The summed E-state index contributed by atoms with van der Waals surface area (Å²) in [6.45, 7) is -1.90. The van der Waals surface area contributed by atoms with Gasteiger partial charge in [0, 0.05) is 18.1 Å². The Morgan fingerprint density at radius 2 is 2.29 bits per heavy atom. The number of halogens is 2. The van der Waals surface area contributed by atoms with Gasteiger partial charge in [0.25, 0.3) is 0 Å². The molecule has 1 heterocycles. The number of Topliss-reactive ketones (excluding diaryl/α,β-unsaturated/α-hetero) is 1. The molecule has 0 N–H and O–H groups in total. The van der Waals surface area contributed by atoms with Gasteiger partial charge in [0.05, 0.1) is 6.61 Å². The van der Waals surface area contributed by atoms with Crippen LogP contribution in [0.1, 0.15) is 16.8 Å². The molecule has 1 atom stereocenters. The Kier molecular flexibility index (Phi) is 3.68. The summed E-state index contributed by atoms with van der Waals surface area (Å²) >= 11 is 0. The summed E-state index contributed by atoms with van der Waals surface area (Å²) in [6.07, 6.45) is 0.679. The molecule has 92 valence electrons. The van der Waals surface area contributed by atoms with E-state index in [4.69, 9.17) is 4.74 Å². The Morgan fingerprint density at radius 3 is 2.94 bits per heavy atom. The zero-order chi connectivity index (χ0) is 12.3. The number of rotatable bonds is 4. The molecule has 1 aliphatic heterocycles. The van der Waals surface area contributed by atoms with Gasteiger partial charge in [-0.3, -0.25) is 4.79 Å².